The van der Waals surface area contributed by atoms with E-state index in [1.54, 1.807) is 31.0 Å². The van der Waals surface area contributed by atoms with Crippen LogP contribution in [-0.4, -0.2) is 71.7 Å². The second kappa shape index (κ2) is 16.0. The second-order valence-electron chi connectivity index (χ2n) is 14.9. The van der Waals surface area contributed by atoms with Gasteiger partial charge in [-0.05, 0) is 103 Å². The number of fused-ring (bicyclic) bond motifs is 1. The number of carbonyl (C=O) groups excluding carboxylic acids is 1. The summed E-state index contributed by atoms with van der Waals surface area (Å²) in [4.78, 5) is 41.8. The van der Waals surface area contributed by atoms with Crippen LogP contribution in [0.15, 0.2) is 94.6 Å². The number of nitrogens with zero attached hydrogens (tertiary/aromatic N) is 5. The predicted octanol–water partition coefficient (Wildman–Crippen LogP) is 8.91. The summed E-state index contributed by atoms with van der Waals surface area (Å²) < 4.78 is 9.24. The fourth-order valence-corrected chi connectivity index (χ4v) is 8.96. The molecule has 2 aliphatic carbocycles. The van der Waals surface area contributed by atoms with E-state index in [0.717, 1.165) is 79.3 Å². The zero-order valence-electron chi connectivity index (χ0n) is 31.1. The molecule has 56 heavy (non-hydrogen) atoms. The van der Waals surface area contributed by atoms with Gasteiger partial charge in [-0.3, -0.25) is 29.5 Å². The average Bonchev–Trinajstić information content (AvgIpc) is 3.66. The molecular weight excluding hydrogens is 748 g/mol. The number of aliphatic imine (C=N–C) groups is 1. The lowest BCUT2D eigenvalue weighted by atomic mass is 9.59. The first-order chi connectivity index (χ1) is 27.2. The molecule has 1 saturated heterocycles. The number of hydrogen-bond donors (Lipinski definition) is 3. The molecule has 5 aromatic rings. The molecule has 3 heterocycles. The monoisotopic (exact) mass is 790 g/mol. The fourth-order valence-electron chi connectivity index (χ4n) is 8.16. The van der Waals surface area contributed by atoms with E-state index in [-0.39, 0.29) is 11.4 Å². The highest BCUT2D eigenvalue weighted by molar-refractivity contribution is 7.98. The third kappa shape index (κ3) is 7.97. The van der Waals surface area contributed by atoms with Crippen molar-refractivity contribution in [2.45, 2.75) is 43.4 Å². The minimum absolute atomic E-state index is 0.00649. The molecule has 1 saturated carbocycles. The molecule has 12 nitrogen and oxygen atoms in total. The number of nitro benzene ring substituents is 1. The number of benzene rings is 3. The van der Waals surface area contributed by atoms with E-state index in [1.165, 1.54) is 49.1 Å². The minimum atomic E-state index is -0.552. The Hall–Kier alpha value is -5.37. The Morgan fingerprint density at radius 3 is 2.64 bits per heavy atom. The summed E-state index contributed by atoms with van der Waals surface area (Å²) in [6.45, 7) is 4.43. The van der Waals surface area contributed by atoms with Gasteiger partial charge in [-0.1, -0.05) is 35.7 Å². The molecule has 2 fully saturated rings. The summed E-state index contributed by atoms with van der Waals surface area (Å²) in [5, 5.41) is 13.3. The number of halogens is 1. The maximum absolute atomic E-state index is 13.8. The standard InChI is InChI=1S/C42H43ClN8O4S/c1-45-24-30-20-34(22-37(39(30)44)51(53)54)56-48-41(52)35-8-7-32(21-38(35)55-33-19-28-10-14-46-40(28)47-25-33)50-17-15-49(16-18-50)26-29-9-13-42(11-2-12-42)23-36(29)27-3-5-31(43)6-4-27/h3-8,10,14,19-22,24-25H,2,9,11-13,15-18,23,26,44H2,1H3,(H,46,47)(H,48,52). The number of nitrogens with two attached hydrogens (primary N) is 1. The molecule has 1 spiro atoms. The van der Waals surface area contributed by atoms with Crippen LogP contribution in [0.2, 0.25) is 5.02 Å². The normalized spacial score (nSPS) is 17.1. The van der Waals surface area contributed by atoms with Crippen LogP contribution < -0.4 is 20.1 Å². The molecule has 8 rings (SSSR count). The summed E-state index contributed by atoms with van der Waals surface area (Å²) in [5.74, 6) is 0.425. The Morgan fingerprint density at radius 2 is 1.91 bits per heavy atom. The molecule has 0 radical (unpaired) electrons. The van der Waals surface area contributed by atoms with Crippen LogP contribution in [0, 0.1) is 15.5 Å². The Kier molecular flexibility index (Phi) is 10.7. The number of nitro groups is 1. The smallest absolute Gasteiger partial charge is 0.293 e. The predicted molar refractivity (Wildman–Crippen MR) is 224 cm³/mol. The SMILES string of the molecule is CN=Cc1cc(SNC(=O)c2ccc(N3CCN(CC4=C(c5ccc(Cl)cc5)CC5(CCC5)CC4)CC3)cc2Oc2cnc3[nH]ccc3c2)cc([N+](=O)[O-])c1N. The van der Waals surface area contributed by atoms with Crippen LogP contribution >= 0.6 is 23.5 Å². The van der Waals surface area contributed by atoms with Crippen molar-refractivity contribution < 1.29 is 14.5 Å². The molecule has 4 N–H and O–H groups in total. The number of anilines is 2. The van der Waals surface area contributed by atoms with Gasteiger partial charge in [0.1, 0.15) is 22.8 Å². The number of nitrogen functional groups attached to an aromatic ring is 1. The van der Waals surface area contributed by atoms with Crippen LogP contribution in [-0.2, 0) is 0 Å². The first-order valence-corrected chi connectivity index (χ1v) is 20.0. The Balaban J connectivity index is 1.00. The number of carbonyl (C=O) groups is 1. The van der Waals surface area contributed by atoms with Crippen LogP contribution in [0.5, 0.6) is 11.5 Å². The Morgan fingerprint density at radius 1 is 1.11 bits per heavy atom. The van der Waals surface area contributed by atoms with E-state index >= 15 is 0 Å². The van der Waals surface area contributed by atoms with Crippen molar-refractivity contribution in [1.29, 1.82) is 0 Å². The summed E-state index contributed by atoms with van der Waals surface area (Å²) in [7, 11) is 1.55. The summed E-state index contributed by atoms with van der Waals surface area (Å²) in [5.41, 5.74) is 13.0. The van der Waals surface area contributed by atoms with Gasteiger partial charge in [0.25, 0.3) is 11.6 Å². The lowest BCUT2D eigenvalue weighted by Crippen LogP contribution is -2.47. The number of aromatic amines is 1. The van der Waals surface area contributed by atoms with Gasteiger partial charge < -0.3 is 20.4 Å². The van der Waals surface area contributed by atoms with E-state index in [9.17, 15) is 14.9 Å². The molecule has 288 valence electrons. The van der Waals surface area contributed by atoms with Crippen molar-refractivity contribution in [3.05, 3.63) is 117 Å². The number of nitrogens with one attached hydrogen (secondary N) is 2. The Labute approximate surface area is 334 Å². The number of ether oxygens (including phenoxy) is 1. The molecule has 2 aromatic heterocycles. The van der Waals surface area contributed by atoms with Gasteiger partial charge >= 0.3 is 0 Å². The number of aromatic nitrogens is 2. The summed E-state index contributed by atoms with van der Waals surface area (Å²) in [6.07, 6.45) is 12.5. The van der Waals surface area contributed by atoms with Crippen molar-refractivity contribution in [2.75, 3.05) is 50.4 Å². The lowest BCUT2D eigenvalue weighted by Gasteiger charge is -2.47. The van der Waals surface area contributed by atoms with Crippen molar-refractivity contribution in [3.8, 4) is 11.5 Å². The summed E-state index contributed by atoms with van der Waals surface area (Å²) >= 11 is 7.23. The molecule has 0 atom stereocenters. The Bertz CT molecular complexity index is 2350. The van der Waals surface area contributed by atoms with Gasteiger partial charge in [-0.15, -0.1) is 0 Å². The highest BCUT2D eigenvalue weighted by atomic mass is 35.5. The largest absolute Gasteiger partial charge is 0.455 e. The average molecular weight is 791 g/mol. The molecule has 3 aliphatic rings. The molecular formula is C42H43ClN8O4S. The van der Waals surface area contributed by atoms with Crippen LogP contribution in [0.3, 0.4) is 0 Å². The zero-order chi connectivity index (χ0) is 38.8. The van der Waals surface area contributed by atoms with E-state index in [2.05, 4.69) is 41.6 Å². The second-order valence-corrected chi connectivity index (χ2v) is 16.2. The van der Waals surface area contributed by atoms with E-state index in [0.29, 0.717) is 32.9 Å². The number of pyridine rings is 1. The third-order valence-corrected chi connectivity index (χ3v) is 12.4. The highest BCUT2D eigenvalue weighted by Gasteiger charge is 2.41. The third-order valence-electron chi connectivity index (χ3n) is 11.4. The molecule has 0 unspecified atom stereocenters. The molecule has 1 amide bonds. The molecule has 3 aromatic carbocycles. The lowest BCUT2D eigenvalue weighted by molar-refractivity contribution is -0.384. The topological polar surface area (TPSA) is 155 Å². The fraction of sp³-hybridized carbons (Fsp3) is 0.310. The number of piperazine rings is 1. The maximum Gasteiger partial charge on any atom is 0.293 e. The first-order valence-electron chi connectivity index (χ1n) is 18.8. The first kappa shape index (κ1) is 37.5. The molecule has 0 bridgehead atoms. The van der Waals surface area contributed by atoms with Crippen LogP contribution in [0.4, 0.5) is 17.1 Å². The molecule has 1 aliphatic heterocycles. The van der Waals surface area contributed by atoms with Crippen molar-refractivity contribution in [2.24, 2.45) is 10.4 Å². The number of hydrogen-bond acceptors (Lipinski definition) is 10. The molecule has 14 heteroatoms. The minimum Gasteiger partial charge on any atom is -0.455 e. The highest BCUT2D eigenvalue weighted by Crippen LogP contribution is 2.55. The number of allylic oxidation sites excluding steroid dienone is 1. The summed E-state index contributed by atoms with van der Waals surface area (Å²) in [6, 6.07) is 20.8. The quantitative estimate of drug-likeness (QED) is 0.0391. The van der Waals surface area contributed by atoms with Crippen LogP contribution in [0.1, 0.15) is 60.0 Å². The van der Waals surface area contributed by atoms with Crippen molar-refractivity contribution in [3.63, 3.8) is 0 Å². The number of H-pyrrole nitrogens is 1. The van der Waals surface area contributed by atoms with Gasteiger partial charge in [-0.25, -0.2) is 4.98 Å². The zero-order valence-corrected chi connectivity index (χ0v) is 32.7. The van der Waals surface area contributed by atoms with Crippen LogP contribution in [0.25, 0.3) is 16.6 Å². The van der Waals surface area contributed by atoms with Gasteiger partial charge in [0, 0.05) is 90.9 Å². The van der Waals surface area contributed by atoms with E-state index in [1.807, 2.05) is 42.6 Å². The number of rotatable bonds is 11. The van der Waals surface area contributed by atoms with Gasteiger partial charge in [-0.2, -0.15) is 0 Å². The van der Waals surface area contributed by atoms with Gasteiger partial charge in [0.05, 0.1) is 16.7 Å². The van der Waals surface area contributed by atoms with E-state index in [4.69, 9.17) is 22.1 Å². The van der Waals surface area contributed by atoms with Crippen molar-refractivity contribution >= 4 is 69.3 Å². The van der Waals surface area contributed by atoms with Gasteiger partial charge in [0.15, 0.2) is 0 Å². The van der Waals surface area contributed by atoms with E-state index < -0.39 is 10.8 Å². The number of amides is 1. The van der Waals surface area contributed by atoms with Gasteiger partial charge in [0.2, 0.25) is 0 Å². The maximum atomic E-state index is 13.8. The van der Waals surface area contributed by atoms with Crippen molar-refractivity contribution in [1.82, 2.24) is 19.6 Å².